The smallest absolute Gasteiger partial charge is 0.412 e. The molecule has 8 heteroatoms. The first kappa shape index (κ1) is 23.1. The number of benzene rings is 1. The van der Waals surface area contributed by atoms with Crippen molar-refractivity contribution in [2.24, 2.45) is 0 Å². The van der Waals surface area contributed by atoms with E-state index in [0.29, 0.717) is 27.8 Å². The molecule has 0 spiro atoms. The SMILES string of the molecule is CC.CC(C)(C)OC(=O)Nc1cncc(-c2cncc(Nc3ccc(Cl)cc3)n2)c1. The minimum absolute atomic E-state index is 0.504. The summed E-state index contributed by atoms with van der Waals surface area (Å²) in [5.74, 6) is 0.574. The fourth-order valence-corrected chi connectivity index (χ4v) is 2.44. The van der Waals surface area contributed by atoms with Gasteiger partial charge < -0.3 is 10.1 Å². The Hall–Kier alpha value is -3.19. The molecule has 1 aromatic carbocycles. The summed E-state index contributed by atoms with van der Waals surface area (Å²) < 4.78 is 5.26. The minimum atomic E-state index is -0.581. The van der Waals surface area contributed by atoms with Gasteiger partial charge in [-0.1, -0.05) is 25.4 Å². The molecule has 0 atom stereocenters. The number of halogens is 1. The third-order valence-corrected chi connectivity index (χ3v) is 3.68. The summed E-state index contributed by atoms with van der Waals surface area (Å²) in [6.07, 6.45) is 5.89. The van der Waals surface area contributed by atoms with Crippen molar-refractivity contribution in [3.05, 3.63) is 60.1 Å². The molecule has 30 heavy (non-hydrogen) atoms. The topological polar surface area (TPSA) is 89.0 Å². The van der Waals surface area contributed by atoms with Crippen molar-refractivity contribution in [3.63, 3.8) is 0 Å². The second kappa shape index (κ2) is 10.5. The fraction of sp³-hybridized carbons (Fsp3) is 0.273. The van der Waals surface area contributed by atoms with Crippen LogP contribution in [0.2, 0.25) is 5.02 Å². The van der Waals surface area contributed by atoms with E-state index in [2.05, 4.69) is 25.6 Å². The summed E-state index contributed by atoms with van der Waals surface area (Å²) >= 11 is 5.90. The van der Waals surface area contributed by atoms with Gasteiger partial charge in [0.15, 0.2) is 0 Å². The lowest BCUT2D eigenvalue weighted by Crippen LogP contribution is -2.27. The van der Waals surface area contributed by atoms with Gasteiger partial charge in [-0.05, 0) is 51.1 Å². The highest BCUT2D eigenvalue weighted by Gasteiger charge is 2.16. The van der Waals surface area contributed by atoms with Gasteiger partial charge in [0, 0.05) is 22.5 Å². The molecule has 0 fully saturated rings. The van der Waals surface area contributed by atoms with E-state index in [1.165, 1.54) is 6.20 Å². The van der Waals surface area contributed by atoms with E-state index in [1.54, 1.807) is 57.6 Å². The third kappa shape index (κ3) is 7.33. The molecule has 0 aliphatic carbocycles. The third-order valence-electron chi connectivity index (χ3n) is 3.43. The van der Waals surface area contributed by atoms with Crippen molar-refractivity contribution in [1.82, 2.24) is 15.0 Å². The first-order chi connectivity index (χ1) is 14.3. The number of anilines is 3. The number of nitrogens with one attached hydrogen (secondary N) is 2. The summed E-state index contributed by atoms with van der Waals surface area (Å²) in [5, 5.41) is 6.50. The number of amides is 1. The molecule has 0 aliphatic rings. The zero-order valence-corrected chi connectivity index (χ0v) is 18.5. The van der Waals surface area contributed by atoms with Gasteiger partial charge in [-0.3, -0.25) is 15.3 Å². The highest BCUT2D eigenvalue weighted by atomic mass is 35.5. The Morgan fingerprint density at radius 1 is 0.967 bits per heavy atom. The number of hydrogen-bond donors (Lipinski definition) is 2. The van der Waals surface area contributed by atoms with Gasteiger partial charge in [-0.15, -0.1) is 0 Å². The van der Waals surface area contributed by atoms with Crippen LogP contribution >= 0.6 is 11.6 Å². The largest absolute Gasteiger partial charge is 0.444 e. The molecule has 2 N–H and O–H groups in total. The van der Waals surface area contributed by atoms with E-state index in [0.717, 1.165) is 5.69 Å². The first-order valence-corrected chi connectivity index (χ1v) is 9.96. The normalized spacial score (nSPS) is 10.5. The van der Waals surface area contributed by atoms with Gasteiger partial charge in [0.05, 0.1) is 30.0 Å². The van der Waals surface area contributed by atoms with Crippen LogP contribution in [0.4, 0.5) is 22.0 Å². The van der Waals surface area contributed by atoms with Gasteiger partial charge in [0.25, 0.3) is 0 Å². The van der Waals surface area contributed by atoms with Crippen molar-refractivity contribution in [2.45, 2.75) is 40.2 Å². The summed E-state index contributed by atoms with van der Waals surface area (Å²) in [5.41, 5.74) is 2.08. The number of pyridine rings is 1. The average Bonchev–Trinajstić information content (AvgIpc) is 2.70. The van der Waals surface area contributed by atoms with E-state index in [4.69, 9.17) is 16.3 Å². The van der Waals surface area contributed by atoms with Crippen LogP contribution in [0.1, 0.15) is 34.6 Å². The Labute approximate surface area is 181 Å². The highest BCUT2D eigenvalue weighted by Crippen LogP contribution is 2.23. The molecule has 158 valence electrons. The summed E-state index contributed by atoms with van der Waals surface area (Å²) in [6, 6.07) is 9.04. The standard InChI is InChI=1S/C20H20ClN5O2.C2H6/c1-20(2,3)28-19(27)25-16-8-13(9-22-10-16)17-11-23-12-18(26-17)24-15-6-4-14(21)5-7-15;1-2/h4-12H,1-3H3,(H,24,26)(H,25,27);1-2H3. The van der Waals surface area contributed by atoms with E-state index in [-0.39, 0.29) is 0 Å². The summed E-state index contributed by atoms with van der Waals surface area (Å²) in [7, 11) is 0. The van der Waals surface area contributed by atoms with Crippen molar-refractivity contribution in [3.8, 4) is 11.3 Å². The number of aromatic nitrogens is 3. The van der Waals surface area contributed by atoms with Crippen LogP contribution in [0.5, 0.6) is 0 Å². The molecule has 2 aromatic heterocycles. The minimum Gasteiger partial charge on any atom is -0.444 e. The van der Waals surface area contributed by atoms with Gasteiger partial charge in [-0.2, -0.15) is 0 Å². The molecule has 0 radical (unpaired) electrons. The first-order valence-electron chi connectivity index (χ1n) is 9.58. The number of ether oxygens (including phenoxy) is 1. The number of carbonyl (C=O) groups is 1. The molecule has 2 heterocycles. The van der Waals surface area contributed by atoms with Crippen LogP contribution in [0.25, 0.3) is 11.3 Å². The van der Waals surface area contributed by atoms with Crippen LogP contribution < -0.4 is 10.6 Å². The molecule has 0 saturated heterocycles. The van der Waals surface area contributed by atoms with E-state index < -0.39 is 11.7 Å². The lowest BCUT2D eigenvalue weighted by Gasteiger charge is -2.19. The monoisotopic (exact) mass is 427 g/mol. The Morgan fingerprint density at radius 3 is 2.30 bits per heavy atom. The molecule has 0 aliphatic heterocycles. The average molecular weight is 428 g/mol. The van der Waals surface area contributed by atoms with Crippen molar-refractivity contribution >= 4 is 34.9 Å². The van der Waals surface area contributed by atoms with Crippen molar-refractivity contribution in [2.75, 3.05) is 10.6 Å². The van der Waals surface area contributed by atoms with Gasteiger partial charge >= 0.3 is 6.09 Å². The van der Waals surface area contributed by atoms with Gasteiger partial charge in [-0.25, -0.2) is 9.78 Å². The lowest BCUT2D eigenvalue weighted by molar-refractivity contribution is 0.0636. The van der Waals surface area contributed by atoms with E-state index >= 15 is 0 Å². The molecular weight excluding hydrogens is 402 g/mol. The Kier molecular flexibility index (Phi) is 8.12. The zero-order valence-electron chi connectivity index (χ0n) is 17.7. The maximum Gasteiger partial charge on any atom is 0.412 e. The van der Waals surface area contributed by atoms with Crippen LogP contribution in [0.15, 0.2) is 55.1 Å². The summed E-state index contributed by atoms with van der Waals surface area (Å²) in [4.78, 5) is 24.9. The highest BCUT2D eigenvalue weighted by molar-refractivity contribution is 6.30. The van der Waals surface area contributed by atoms with Gasteiger partial charge in [0.2, 0.25) is 0 Å². The molecular formula is C22H26ClN5O2. The Balaban J connectivity index is 0.00000155. The predicted octanol–water partition coefficient (Wildman–Crippen LogP) is 6.31. The molecule has 3 aromatic rings. The molecule has 1 amide bonds. The maximum absolute atomic E-state index is 11.9. The zero-order chi connectivity index (χ0) is 22.1. The van der Waals surface area contributed by atoms with E-state index in [9.17, 15) is 4.79 Å². The summed E-state index contributed by atoms with van der Waals surface area (Å²) in [6.45, 7) is 9.40. The second-order valence-corrected chi connectivity index (χ2v) is 7.45. The Morgan fingerprint density at radius 2 is 1.63 bits per heavy atom. The number of hydrogen-bond acceptors (Lipinski definition) is 6. The predicted molar refractivity (Wildman–Crippen MR) is 121 cm³/mol. The van der Waals surface area contributed by atoms with Gasteiger partial charge in [0.1, 0.15) is 11.4 Å². The maximum atomic E-state index is 11.9. The lowest BCUT2D eigenvalue weighted by atomic mass is 10.2. The van der Waals surface area contributed by atoms with Crippen molar-refractivity contribution < 1.29 is 9.53 Å². The number of nitrogens with zero attached hydrogens (tertiary/aromatic N) is 3. The molecule has 7 nitrogen and oxygen atoms in total. The van der Waals surface area contributed by atoms with Crippen LogP contribution in [-0.2, 0) is 4.74 Å². The van der Waals surface area contributed by atoms with E-state index in [1.807, 2.05) is 26.0 Å². The van der Waals surface area contributed by atoms with Crippen LogP contribution in [0, 0.1) is 0 Å². The Bertz CT molecular complexity index is 972. The van der Waals surface area contributed by atoms with Crippen molar-refractivity contribution in [1.29, 1.82) is 0 Å². The number of carbonyl (C=O) groups excluding carboxylic acids is 1. The fourth-order valence-electron chi connectivity index (χ4n) is 2.32. The van der Waals surface area contributed by atoms with Crippen LogP contribution in [-0.4, -0.2) is 26.6 Å². The molecule has 0 bridgehead atoms. The molecule has 3 rings (SSSR count). The van der Waals surface area contributed by atoms with Crippen LogP contribution in [0.3, 0.4) is 0 Å². The quantitative estimate of drug-likeness (QED) is 0.507. The molecule has 0 unspecified atom stereocenters. The second-order valence-electron chi connectivity index (χ2n) is 7.01. The number of rotatable bonds is 4. The molecule has 0 saturated carbocycles.